The normalized spacial score (nSPS) is 8.00. The third-order valence-corrected chi connectivity index (χ3v) is 0.916. The minimum atomic E-state index is -2.22. The molecule has 0 atom stereocenters. The molecule has 0 aliphatic carbocycles. The summed E-state index contributed by atoms with van der Waals surface area (Å²) >= 11 is 2.81. The monoisotopic (exact) mass is 214 g/mol. The zero-order chi connectivity index (χ0) is 6.57. The summed E-state index contributed by atoms with van der Waals surface area (Å²) in [5.41, 5.74) is 0. The van der Waals surface area contributed by atoms with Crippen LogP contribution in [0.15, 0.2) is 11.9 Å². The number of alkyl halides is 1. The van der Waals surface area contributed by atoms with E-state index in [2.05, 4.69) is 15.9 Å². The van der Waals surface area contributed by atoms with Crippen LogP contribution < -0.4 is 0 Å². The van der Waals surface area contributed by atoms with E-state index in [4.69, 9.17) is 0 Å². The maximum absolute atomic E-state index is 11.6. The summed E-state index contributed by atoms with van der Waals surface area (Å²) in [5, 5.41) is 0.232. The van der Waals surface area contributed by atoms with Crippen molar-refractivity contribution >= 4 is 39.0 Å². The molecule has 0 heterocycles. The zero-order valence-electron chi connectivity index (χ0n) is 3.93. The smallest absolute Gasteiger partial charge is 0.206 e. The van der Waals surface area contributed by atoms with Gasteiger partial charge in [0.1, 0.15) is 0 Å². The molecule has 0 aliphatic heterocycles. The topological polar surface area (TPSA) is 0 Å². The fourth-order valence-corrected chi connectivity index (χ4v) is 0.526. The molecule has 0 N–H and O–H groups in total. The van der Waals surface area contributed by atoms with Crippen LogP contribution in [0.3, 0.4) is 0 Å². The van der Waals surface area contributed by atoms with E-state index in [9.17, 15) is 13.2 Å². The first-order valence-electron chi connectivity index (χ1n) is 1.94. The SMILES string of the molecule is FC(F)=C(F)CCBr.[MgH2]. The van der Waals surface area contributed by atoms with Gasteiger partial charge in [0.2, 0.25) is 0 Å². The lowest BCUT2D eigenvalue weighted by Crippen LogP contribution is -1.76. The van der Waals surface area contributed by atoms with Crippen LogP contribution in [-0.2, 0) is 0 Å². The van der Waals surface area contributed by atoms with Gasteiger partial charge >= 0.3 is 29.1 Å². The summed E-state index contributed by atoms with van der Waals surface area (Å²) in [6, 6.07) is 0. The Balaban J connectivity index is 0. The van der Waals surface area contributed by atoms with Gasteiger partial charge in [0.05, 0.1) is 0 Å². The molecule has 0 amide bonds. The third-order valence-electron chi connectivity index (χ3n) is 0.519. The summed E-state index contributed by atoms with van der Waals surface area (Å²) in [5.74, 6) is -1.33. The van der Waals surface area contributed by atoms with Crippen LogP contribution in [0.1, 0.15) is 6.42 Å². The molecule has 0 saturated carbocycles. The molecule has 0 radical (unpaired) electrons. The van der Waals surface area contributed by atoms with Crippen molar-refractivity contribution in [2.24, 2.45) is 0 Å². The number of halogens is 4. The van der Waals surface area contributed by atoms with Crippen molar-refractivity contribution in [2.45, 2.75) is 6.42 Å². The molecule has 9 heavy (non-hydrogen) atoms. The van der Waals surface area contributed by atoms with E-state index in [1.807, 2.05) is 0 Å². The van der Waals surface area contributed by atoms with Crippen LogP contribution in [-0.4, -0.2) is 28.4 Å². The molecule has 0 spiro atoms. The summed E-state index contributed by atoms with van der Waals surface area (Å²) in [6.07, 6.45) is -2.45. The van der Waals surface area contributed by atoms with Gasteiger partial charge in [0.15, 0.2) is 5.83 Å². The summed E-state index contributed by atoms with van der Waals surface area (Å²) in [6.45, 7) is 0. The lowest BCUT2D eigenvalue weighted by Gasteiger charge is -1.86. The Morgan fingerprint density at radius 1 is 1.22 bits per heavy atom. The predicted octanol–water partition coefficient (Wildman–Crippen LogP) is 1.93. The van der Waals surface area contributed by atoms with Crippen molar-refractivity contribution in [2.75, 3.05) is 5.33 Å². The molecule has 0 nitrogen and oxygen atoms in total. The fourth-order valence-electron chi connectivity index (χ4n) is 0.177. The summed E-state index contributed by atoms with van der Waals surface area (Å²) < 4.78 is 33.8. The fraction of sp³-hybridized carbons (Fsp3) is 0.500. The molecule has 0 aromatic carbocycles. The first kappa shape index (κ1) is 12.5. The molecule has 0 fully saturated rings. The second kappa shape index (κ2) is 6.89. The standard InChI is InChI=1S/C4H4BrF3.Mg.2H/c5-2-1-3(6)4(7)8;;;/h1-2H2;;;. The van der Waals surface area contributed by atoms with E-state index < -0.39 is 11.9 Å². The van der Waals surface area contributed by atoms with Gasteiger partial charge in [-0.3, -0.25) is 0 Å². The molecular weight excluding hydrogens is 209 g/mol. The molecule has 0 saturated heterocycles. The first-order valence-corrected chi connectivity index (χ1v) is 3.06. The Bertz CT molecular complexity index is 100.0. The van der Waals surface area contributed by atoms with Crippen LogP contribution >= 0.6 is 15.9 Å². The Kier molecular flexibility index (Phi) is 9.53. The lowest BCUT2D eigenvalue weighted by atomic mass is 10.4. The number of rotatable bonds is 2. The van der Waals surface area contributed by atoms with Gasteiger partial charge in [-0.2, -0.15) is 8.78 Å². The van der Waals surface area contributed by atoms with Gasteiger partial charge in [-0.15, -0.1) is 0 Å². The lowest BCUT2D eigenvalue weighted by molar-refractivity contribution is 0.373. The van der Waals surface area contributed by atoms with Gasteiger partial charge in [-0.25, -0.2) is 4.39 Å². The third kappa shape index (κ3) is 6.66. The van der Waals surface area contributed by atoms with Gasteiger partial charge in [-0.05, 0) is 0 Å². The van der Waals surface area contributed by atoms with Crippen molar-refractivity contribution in [3.8, 4) is 0 Å². The van der Waals surface area contributed by atoms with Crippen LogP contribution in [0.4, 0.5) is 13.2 Å². The van der Waals surface area contributed by atoms with Crippen molar-refractivity contribution in [1.29, 1.82) is 0 Å². The highest BCUT2D eigenvalue weighted by atomic mass is 79.9. The zero-order valence-corrected chi connectivity index (χ0v) is 5.51. The highest BCUT2D eigenvalue weighted by molar-refractivity contribution is 9.09. The Labute approximate surface area is 75.8 Å². The second-order valence-electron chi connectivity index (χ2n) is 1.10. The van der Waals surface area contributed by atoms with Gasteiger partial charge in [0, 0.05) is 11.8 Å². The molecule has 0 aromatic heterocycles. The van der Waals surface area contributed by atoms with Crippen molar-refractivity contribution < 1.29 is 13.2 Å². The van der Waals surface area contributed by atoms with Crippen molar-refractivity contribution in [3.05, 3.63) is 11.9 Å². The minimum absolute atomic E-state index is 0. The Morgan fingerprint density at radius 2 is 1.67 bits per heavy atom. The average Bonchev–Trinajstić information content (AvgIpc) is 1.67. The first-order chi connectivity index (χ1) is 3.68. The highest BCUT2D eigenvalue weighted by Gasteiger charge is 2.01. The van der Waals surface area contributed by atoms with Crippen LogP contribution in [0.5, 0.6) is 0 Å². The Morgan fingerprint density at radius 3 is 1.78 bits per heavy atom. The van der Waals surface area contributed by atoms with Crippen LogP contribution in [0.2, 0.25) is 0 Å². The van der Waals surface area contributed by atoms with Gasteiger partial charge in [0.25, 0.3) is 0 Å². The molecule has 0 aliphatic rings. The number of hydrogen-bond acceptors (Lipinski definition) is 0. The van der Waals surface area contributed by atoms with Crippen LogP contribution in [0.25, 0.3) is 0 Å². The van der Waals surface area contributed by atoms with E-state index in [-0.39, 0.29) is 34.8 Å². The predicted molar refractivity (Wildman–Crippen MR) is 37.3 cm³/mol. The quantitative estimate of drug-likeness (QED) is 0.488. The maximum atomic E-state index is 11.6. The van der Waals surface area contributed by atoms with E-state index in [1.54, 1.807) is 0 Å². The minimum Gasteiger partial charge on any atom is -0.206 e. The molecule has 0 aromatic rings. The van der Waals surface area contributed by atoms with E-state index in [0.29, 0.717) is 0 Å². The molecule has 5 heteroatoms. The van der Waals surface area contributed by atoms with Gasteiger partial charge in [-0.1, -0.05) is 15.9 Å². The summed E-state index contributed by atoms with van der Waals surface area (Å²) in [4.78, 5) is 0. The molecule has 0 unspecified atom stereocenters. The second-order valence-corrected chi connectivity index (χ2v) is 1.90. The average molecular weight is 215 g/mol. The van der Waals surface area contributed by atoms with E-state index in [0.717, 1.165) is 0 Å². The Hall–Kier alpha value is 0.776. The van der Waals surface area contributed by atoms with Crippen molar-refractivity contribution in [3.63, 3.8) is 0 Å². The molecule has 0 rings (SSSR count). The molecular formula is C4H6BrF3Mg. The van der Waals surface area contributed by atoms with Crippen LogP contribution in [0, 0.1) is 0 Å². The van der Waals surface area contributed by atoms with E-state index in [1.165, 1.54) is 0 Å². The van der Waals surface area contributed by atoms with E-state index >= 15 is 0 Å². The number of allylic oxidation sites excluding steroid dienone is 1. The van der Waals surface area contributed by atoms with Gasteiger partial charge < -0.3 is 0 Å². The number of hydrogen-bond donors (Lipinski definition) is 0. The summed E-state index contributed by atoms with van der Waals surface area (Å²) in [7, 11) is 0. The molecule has 0 bridgehead atoms. The van der Waals surface area contributed by atoms with Crippen molar-refractivity contribution in [1.82, 2.24) is 0 Å². The molecule has 52 valence electrons. The highest BCUT2D eigenvalue weighted by Crippen LogP contribution is 2.13. The largest absolute Gasteiger partial charge is 0.316 e. The maximum Gasteiger partial charge on any atom is 0.316 e.